The van der Waals surface area contributed by atoms with E-state index in [4.69, 9.17) is 4.74 Å². The molecule has 1 N–H and O–H groups in total. The van der Waals surface area contributed by atoms with Gasteiger partial charge in [0.2, 0.25) is 0 Å². The number of non-ortho nitro benzene ring substituents is 1. The first-order valence-corrected chi connectivity index (χ1v) is 7.43. The summed E-state index contributed by atoms with van der Waals surface area (Å²) in [5, 5.41) is 10.4. The number of alkyl halides is 3. The number of rotatable bonds is 6. The van der Waals surface area contributed by atoms with Crippen LogP contribution in [0.1, 0.15) is 5.69 Å². The number of thioether (sulfide) groups is 1. The predicted molar refractivity (Wildman–Crippen MR) is 79.2 cm³/mol. The largest absolute Gasteiger partial charge is 0.492 e. The molecule has 0 aliphatic carbocycles. The van der Waals surface area contributed by atoms with E-state index in [1.807, 2.05) is 0 Å². The summed E-state index contributed by atoms with van der Waals surface area (Å²) in [6.45, 7) is 0.0613. The molecule has 0 bridgehead atoms. The van der Waals surface area contributed by atoms with Crippen LogP contribution in [0.5, 0.6) is 5.75 Å². The highest BCUT2D eigenvalue weighted by Gasteiger charge is 2.33. The number of nitro benzene ring substituents is 1. The normalized spacial score (nSPS) is 11.3. The Hall–Kier alpha value is -2.56. The zero-order valence-electron chi connectivity index (χ0n) is 11.9. The van der Waals surface area contributed by atoms with E-state index in [0.717, 1.165) is 11.8 Å². The number of ether oxygens (including phenoxy) is 1. The topological polar surface area (TPSA) is 98.1 Å². The van der Waals surface area contributed by atoms with Gasteiger partial charge in [0.1, 0.15) is 5.75 Å². The lowest BCUT2D eigenvalue weighted by Crippen LogP contribution is -2.17. The molecule has 0 aliphatic rings. The van der Waals surface area contributed by atoms with E-state index in [0.29, 0.717) is 6.07 Å². The Balaban J connectivity index is 1.93. The van der Waals surface area contributed by atoms with E-state index in [-0.39, 0.29) is 29.0 Å². The Labute approximate surface area is 137 Å². The molecule has 11 heteroatoms. The third kappa shape index (κ3) is 4.98. The van der Waals surface area contributed by atoms with Crippen molar-refractivity contribution >= 4 is 17.4 Å². The summed E-state index contributed by atoms with van der Waals surface area (Å²) in [4.78, 5) is 26.8. The molecule has 0 fully saturated rings. The van der Waals surface area contributed by atoms with Gasteiger partial charge in [0.25, 0.3) is 11.2 Å². The number of nitrogens with zero attached hydrogens (tertiary/aromatic N) is 2. The van der Waals surface area contributed by atoms with E-state index in [1.54, 1.807) is 0 Å². The number of benzene rings is 1. The monoisotopic (exact) mass is 361 g/mol. The summed E-state index contributed by atoms with van der Waals surface area (Å²) < 4.78 is 42.9. The molecule has 24 heavy (non-hydrogen) atoms. The number of aromatic nitrogens is 2. The summed E-state index contributed by atoms with van der Waals surface area (Å²) >= 11 is 0.869. The number of halogens is 3. The van der Waals surface area contributed by atoms with Gasteiger partial charge in [0.15, 0.2) is 10.9 Å². The van der Waals surface area contributed by atoms with Crippen molar-refractivity contribution in [2.24, 2.45) is 0 Å². The molecule has 0 amide bonds. The third-order valence-corrected chi connectivity index (χ3v) is 3.47. The van der Waals surface area contributed by atoms with Crippen molar-refractivity contribution in [3.63, 3.8) is 0 Å². The van der Waals surface area contributed by atoms with Gasteiger partial charge in [-0.3, -0.25) is 14.9 Å². The summed E-state index contributed by atoms with van der Waals surface area (Å²) in [5.41, 5.74) is -2.31. The number of hydrogen-bond acceptors (Lipinski definition) is 6. The third-order valence-electron chi connectivity index (χ3n) is 2.63. The summed E-state index contributed by atoms with van der Waals surface area (Å²) in [7, 11) is 0. The predicted octanol–water partition coefficient (Wildman–Crippen LogP) is 2.87. The second-order valence-electron chi connectivity index (χ2n) is 4.38. The minimum atomic E-state index is -4.71. The molecule has 2 aromatic rings. The van der Waals surface area contributed by atoms with Crippen molar-refractivity contribution in [1.29, 1.82) is 0 Å². The van der Waals surface area contributed by atoms with E-state index in [1.165, 1.54) is 24.3 Å². The van der Waals surface area contributed by atoms with Gasteiger partial charge in [-0.15, -0.1) is 0 Å². The van der Waals surface area contributed by atoms with E-state index in [2.05, 4.69) is 9.97 Å². The second-order valence-corrected chi connectivity index (χ2v) is 5.47. The quantitative estimate of drug-likeness (QED) is 0.279. The highest BCUT2D eigenvalue weighted by atomic mass is 32.2. The molecule has 1 aromatic heterocycles. The van der Waals surface area contributed by atoms with Crippen LogP contribution in [-0.4, -0.2) is 27.3 Å². The summed E-state index contributed by atoms with van der Waals surface area (Å²) in [6, 6.07) is 5.88. The van der Waals surface area contributed by atoms with Gasteiger partial charge in [0, 0.05) is 17.9 Å². The molecule has 2 rings (SSSR count). The Kier molecular flexibility index (Phi) is 5.44. The van der Waals surface area contributed by atoms with Crippen molar-refractivity contribution < 1.29 is 22.8 Å². The molecule has 0 saturated heterocycles. The molecule has 0 saturated carbocycles. The van der Waals surface area contributed by atoms with Gasteiger partial charge >= 0.3 is 6.18 Å². The van der Waals surface area contributed by atoms with Gasteiger partial charge in [-0.05, 0) is 6.07 Å². The molecule has 1 aromatic carbocycles. The van der Waals surface area contributed by atoms with Crippen molar-refractivity contribution in [2.45, 2.75) is 11.3 Å². The van der Waals surface area contributed by atoms with E-state index < -0.39 is 22.4 Å². The average molecular weight is 361 g/mol. The van der Waals surface area contributed by atoms with Crippen molar-refractivity contribution in [3.05, 3.63) is 56.5 Å². The first-order chi connectivity index (χ1) is 11.3. The van der Waals surface area contributed by atoms with Crippen molar-refractivity contribution in [2.75, 3.05) is 12.4 Å². The van der Waals surface area contributed by atoms with E-state index >= 15 is 0 Å². The maximum absolute atomic E-state index is 12.6. The van der Waals surface area contributed by atoms with Crippen LogP contribution >= 0.6 is 11.8 Å². The van der Waals surface area contributed by atoms with Crippen LogP contribution in [0.15, 0.2) is 40.3 Å². The van der Waals surface area contributed by atoms with Crippen LogP contribution in [0.2, 0.25) is 0 Å². The summed E-state index contributed by atoms with van der Waals surface area (Å²) in [6.07, 6.45) is -4.71. The smallest absolute Gasteiger partial charge is 0.433 e. The number of hydrogen-bond donors (Lipinski definition) is 1. The van der Waals surface area contributed by atoms with Gasteiger partial charge in [0.05, 0.1) is 17.6 Å². The number of H-pyrrole nitrogens is 1. The maximum atomic E-state index is 12.6. The molecule has 0 unspecified atom stereocenters. The fourth-order valence-electron chi connectivity index (χ4n) is 1.63. The first kappa shape index (κ1) is 17.8. The zero-order chi connectivity index (χ0) is 17.7. The molecular formula is C13H10F3N3O4S. The Morgan fingerprint density at radius 3 is 2.75 bits per heavy atom. The Morgan fingerprint density at radius 2 is 2.08 bits per heavy atom. The molecular weight excluding hydrogens is 351 g/mol. The van der Waals surface area contributed by atoms with Crippen LogP contribution in [0, 0.1) is 10.1 Å². The molecule has 0 atom stereocenters. The Bertz CT molecular complexity index is 795. The van der Waals surface area contributed by atoms with Gasteiger partial charge in [-0.25, -0.2) is 4.98 Å². The molecule has 0 spiro atoms. The maximum Gasteiger partial charge on any atom is 0.433 e. The van der Waals surface area contributed by atoms with Crippen molar-refractivity contribution in [1.82, 2.24) is 9.97 Å². The fraction of sp³-hybridized carbons (Fsp3) is 0.231. The first-order valence-electron chi connectivity index (χ1n) is 6.44. The molecule has 0 radical (unpaired) electrons. The lowest BCUT2D eigenvalue weighted by Gasteiger charge is -2.08. The van der Waals surface area contributed by atoms with E-state index in [9.17, 15) is 28.1 Å². The van der Waals surface area contributed by atoms with Gasteiger partial charge < -0.3 is 9.72 Å². The highest BCUT2D eigenvalue weighted by molar-refractivity contribution is 7.99. The minimum absolute atomic E-state index is 0.0613. The molecule has 1 heterocycles. The molecule has 7 nitrogen and oxygen atoms in total. The number of aromatic amines is 1. The number of nitrogens with one attached hydrogen (secondary N) is 1. The molecule has 128 valence electrons. The van der Waals surface area contributed by atoms with Crippen LogP contribution in [0.4, 0.5) is 18.9 Å². The fourth-order valence-corrected chi connectivity index (χ4v) is 2.33. The van der Waals surface area contributed by atoms with Gasteiger partial charge in [-0.2, -0.15) is 13.2 Å². The zero-order valence-corrected chi connectivity index (χ0v) is 12.7. The van der Waals surface area contributed by atoms with Gasteiger partial charge in [-0.1, -0.05) is 17.8 Å². The van der Waals surface area contributed by atoms with Crippen LogP contribution in [0.25, 0.3) is 0 Å². The average Bonchev–Trinajstić information content (AvgIpc) is 2.50. The highest BCUT2D eigenvalue weighted by Crippen LogP contribution is 2.27. The van der Waals surface area contributed by atoms with Crippen LogP contribution in [-0.2, 0) is 6.18 Å². The van der Waals surface area contributed by atoms with Crippen molar-refractivity contribution in [3.8, 4) is 5.75 Å². The summed E-state index contributed by atoms with van der Waals surface area (Å²) in [5.74, 6) is 0.447. The lowest BCUT2D eigenvalue weighted by molar-refractivity contribution is -0.384. The number of nitro groups is 1. The Morgan fingerprint density at radius 1 is 1.33 bits per heavy atom. The van der Waals surface area contributed by atoms with Crippen LogP contribution < -0.4 is 10.3 Å². The lowest BCUT2D eigenvalue weighted by atomic mass is 10.3. The standard InChI is InChI=1S/C13H10F3N3O4S/c14-13(15,16)10-7-11(20)18-12(17-10)24-5-4-23-9-3-1-2-8(6-9)19(21)22/h1-3,6-7H,4-5H2,(H,17,18,20). The van der Waals surface area contributed by atoms with Crippen LogP contribution in [0.3, 0.4) is 0 Å². The second kappa shape index (κ2) is 7.34. The minimum Gasteiger partial charge on any atom is -0.492 e. The molecule has 0 aliphatic heterocycles. The SMILES string of the molecule is O=c1cc(C(F)(F)F)nc(SCCOc2cccc([N+](=O)[O-])c2)[nH]1.